The molecular formula is C15H28N2O2S. The normalized spacial score (nSPS) is 43.8. The van der Waals surface area contributed by atoms with Gasteiger partial charge >= 0.3 is 0 Å². The Labute approximate surface area is 126 Å². The maximum absolute atomic E-state index is 6.14. The first kappa shape index (κ1) is 15.1. The second-order valence-electron chi connectivity index (χ2n) is 6.85. The smallest absolute Gasteiger partial charge is 0.0822 e. The third kappa shape index (κ3) is 2.88. The summed E-state index contributed by atoms with van der Waals surface area (Å²) >= 11 is 2.03. The van der Waals surface area contributed by atoms with Crippen molar-refractivity contribution in [1.82, 2.24) is 5.43 Å². The topological polar surface area (TPSA) is 56.5 Å². The lowest BCUT2D eigenvalue weighted by molar-refractivity contribution is -0.134. The van der Waals surface area contributed by atoms with Gasteiger partial charge in [-0.2, -0.15) is 11.8 Å². The summed E-state index contributed by atoms with van der Waals surface area (Å²) in [6.45, 7) is 3.99. The Balaban J connectivity index is 1.71. The Morgan fingerprint density at radius 1 is 1.25 bits per heavy atom. The van der Waals surface area contributed by atoms with Gasteiger partial charge in [0.25, 0.3) is 0 Å². The molecule has 3 fully saturated rings. The maximum atomic E-state index is 6.14. The van der Waals surface area contributed by atoms with Crippen LogP contribution in [0.15, 0.2) is 0 Å². The lowest BCUT2D eigenvalue weighted by atomic mass is 9.74. The molecule has 0 aromatic heterocycles. The number of thioether (sulfide) groups is 1. The summed E-state index contributed by atoms with van der Waals surface area (Å²) in [7, 11) is 0. The number of hydrogen-bond acceptors (Lipinski definition) is 5. The SMILES string of the molecule is CC1(C(NN)C2CCOC3(CCSC3)C2)CCCCO1. The van der Waals surface area contributed by atoms with Gasteiger partial charge in [-0.1, -0.05) is 0 Å². The number of nitrogens with one attached hydrogen (secondary N) is 1. The average Bonchev–Trinajstić information content (AvgIpc) is 2.88. The molecule has 4 nitrogen and oxygen atoms in total. The summed E-state index contributed by atoms with van der Waals surface area (Å²) in [6.07, 6.45) is 6.97. The highest BCUT2D eigenvalue weighted by atomic mass is 32.2. The third-order valence-electron chi connectivity index (χ3n) is 5.41. The van der Waals surface area contributed by atoms with Gasteiger partial charge in [-0.15, -0.1) is 0 Å². The van der Waals surface area contributed by atoms with E-state index in [1.165, 1.54) is 25.0 Å². The molecule has 0 aromatic rings. The van der Waals surface area contributed by atoms with Gasteiger partial charge in [0.1, 0.15) is 0 Å². The van der Waals surface area contributed by atoms with Crippen LogP contribution in [-0.2, 0) is 9.47 Å². The van der Waals surface area contributed by atoms with Crippen molar-refractivity contribution in [1.29, 1.82) is 0 Å². The largest absolute Gasteiger partial charge is 0.374 e. The van der Waals surface area contributed by atoms with Gasteiger partial charge in [0.15, 0.2) is 0 Å². The summed E-state index contributed by atoms with van der Waals surface area (Å²) in [5.74, 6) is 8.88. The third-order valence-corrected chi connectivity index (χ3v) is 6.63. The number of hydrazine groups is 1. The minimum absolute atomic E-state index is 0.109. The maximum Gasteiger partial charge on any atom is 0.0822 e. The zero-order valence-electron chi connectivity index (χ0n) is 12.5. The molecule has 4 unspecified atom stereocenters. The molecule has 3 aliphatic rings. The van der Waals surface area contributed by atoms with Crippen LogP contribution < -0.4 is 11.3 Å². The minimum atomic E-state index is -0.109. The second-order valence-corrected chi connectivity index (χ2v) is 7.95. The molecule has 3 saturated heterocycles. The van der Waals surface area contributed by atoms with Crippen LogP contribution >= 0.6 is 11.8 Å². The van der Waals surface area contributed by atoms with Gasteiger partial charge < -0.3 is 9.47 Å². The molecule has 3 N–H and O–H groups in total. The average molecular weight is 300 g/mol. The Kier molecular flexibility index (Phi) is 4.63. The predicted octanol–water partition coefficient (Wildman–Crippen LogP) is 2.08. The number of ether oxygens (including phenoxy) is 2. The van der Waals surface area contributed by atoms with Crippen molar-refractivity contribution < 1.29 is 9.47 Å². The highest BCUT2D eigenvalue weighted by molar-refractivity contribution is 7.99. The van der Waals surface area contributed by atoms with Crippen LogP contribution in [-0.4, -0.2) is 42.0 Å². The summed E-state index contributed by atoms with van der Waals surface area (Å²) < 4.78 is 12.3. The second kappa shape index (κ2) is 6.13. The van der Waals surface area contributed by atoms with Crippen molar-refractivity contribution in [2.45, 2.75) is 62.7 Å². The zero-order valence-corrected chi connectivity index (χ0v) is 13.3. The minimum Gasteiger partial charge on any atom is -0.374 e. The summed E-state index contributed by atoms with van der Waals surface area (Å²) in [6, 6.07) is 0.245. The van der Waals surface area contributed by atoms with E-state index in [-0.39, 0.29) is 17.2 Å². The monoisotopic (exact) mass is 300 g/mol. The molecule has 3 rings (SSSR count). The fourth-order valence-corrected chi connectivity index (χ4v) is 5.60. The van der Waals surface area contributed by atoms with Gasteiger partial charge in [0, 0.05) is 19.0 Å². The van der Waals surface area contributed by atoms with Crippen LogP contribution in [0.1, 0.15) is 45.4 Å². The molecule has 116 valence electrons. The molecule has 3 aliphatic heterocycles. The molecule has 4 atom stereocenters. The lowest BCUT2D eigenvalue weighted by Gasteiger charge is -2.48. The van der Waals surface area contributed by atoms with Crippen LogP contribution in [0.5, 0.6) is 0 Å². The molecule has 5 heteroatoms. The van der Waals surface area contributed by atoms with E-state index in [4.69, 9.17) is 15.3 Å². The molecule has 0 bridgehead atoms. The van der Waals surface area contributed by atoms with Crippen molar-refractivity contribution in [2.24, 2.45) is 11.8 Å². The van der Waals surface area contributed by atoms with Crippen LogP contribution in [0.25, 0.3) is 0 Å². The summed E-state index contributed by atoms with van der Waals surface area (Å²) in [5.41, 5.74) is 3.11. The van der Waals surface area contributed by atoms with Crippen molar-refractivity contribution in [3.05, 3.63) is 0 Å². The van der Waals surface area contributed by atoms with E-state index >= 15 is 0 Å². The molecule has 0 amide bonds. The van der Waals surface area contributed by atoms with Crippen molar-refractivity contribution in [3.63, 3.8) is 0 Å². The Bertz CT molecular complexity index is 328. The van der Waals surface area contributed by atoms with Crippen LogP contribution in [0.2, 0.25) is 0 Å². The fraction of sp³-hybridized carbons (Fsp3) is 1.00. The molecule has 20 heavy (non-hydrogen) atoms. The zero-order chi connectivity index (χ0) is 14.1. The summed E-state index contributed by atoms with van der Waals surface area (Å²) in [5, 5.41) is 0. The molecule has 0 radical (unpaired) electrons. The van der Waals surface area contributed by atoms with E-state index in [1.54, 1.807) is 0 Å². The number of nitrogens with two attached hydrogens (primary N) is 1. The van der Waals surface area contributed by atoms with E-state index in [2.05, 4.69) is 12.3 Å². The Morgan fingerprint density at radius 2 is 2.15 bits per heavy atom. The van der Waals surface area contributed by atoms with Gasteiger partial charge in [0.05, 0.1) is 17.2 Å². The van der Waals surface area contributed by atoms with E-state index < -0.39 is 0 Å². The first-order valence-corrected chi connectivity index (χ1v) is 9.15. The fourth-order valence-electron chi connectivity index (χ4n) is 4.23. The van der Waals surface area contributed by atoms with Crippen molar-refractivity contribution in [3.8, 4) is 0 Å². The summed E-state index contributed by atoms with van der Waals surface area (Å²) in [4.78, 5) is 0. The van der Waals surface area contributed by atoms with Gasteiger partial charge in [0.2, 0.25) is 0 Å². The van der Waals surface area contributed by atoms with E-state index in [0.29, 0.717) is 5.92 Å². The van der Waals surface area contributed by atoms with Crippen molar-refractivity contribution >= 4 is 11.8 Å². The predicted molar refractivity (Wildman–Crippen MR) is 82.7 cm³/mol. The molecule has 0 saturated carbocycles. The Hall–Kier alpha value is 0.190. The molecule has 0 aromatic carbocycles. The van der Waals surface area contributed by atoms with Crippen molar-refractivity contribution in [2.75, 3.05) is 24.7 Å². The molecule has 3 heterocycles. The first-order chi connectivity index (χ1) is 9.68. The highest BCUT2D eigenvalue weighted by Crippen LogP contribution is 2.44. The first-order valence-electron chi connectivity index (χ1n) is 7.99. The molecular weight excluding hydrogens is 272 g/mol. The number of rotatable bonds is 3. The molecule has 1 spiro atoms. The molecule has 0 aliphatic carbocycles. The van der Waals surface area contributed by atoms with Crippen LogP contribution in [0.3, 0.4) is 0 Å². The van der Waals surface area contributed by atoms with Crippen LogP contribution in [0, 0.1) is 5.92 Å². The quantitative estimate of drug-likeness (QED) is 0.617. The highest BCUT2D eigenvalue weighted by Gasteiger charge is 2.47. The van der Waals surface area contributed by atoms with Gasteiger partial charge in [-0.05, 0) is 57.1 Å². The van der Waals surface area contributed by atoms with Gasteiger partial charge in [-0.25, -0.2) is 0 Å². The van der Waals surface area contributed by atoms with E-state index in [1.807, 2.05) is 11.8 Å². The standard InChI is InChI=1S/C15H28N2O2S/c1-14(5-2-3-7-18-14)13(17-16)12-4-8-19-15(10-12)6-9-20-11-15/h12-13,17H,2-11,16H2,1H3. The lowest BCUT2D eigenvalue weighted by Crippen LogP contribution is -2.60. The number of hydrogen-bond donors (Lipinski definition) is 2. The van der Waals surface area contributed by atoms with E-state index in [0.717, 1.165) is 38.2 Å². The van der Waals surface area contributed by atoms with Gasteiger partial charge in [-0.3, -0.25) is 11.3 Å². The van der Waals surface area contributed by atoms with E-state index in [9.17, 15) is 0 Å². The Morgan fingerprint density at radius 3 is 2.80 bits per heavy atom. The van der Waals surface area contributed by atoms with Crippen LogP contribution in [0.4, 0.5) is 0 Å².